The Labute approximate surface area is 214 Å². The molecule has 4 aromatic rings. The van der Waals surface area contributed by atoms with E-state index in [0.29, 0.717) is 35.4 Å². The van der Waals surface area contributed by atoms with Crippen LogP contribution in [0.3, 0.4) is 0 Å². The molecule has 4 rings (SSSR count). The molecule has 0 unspecified atom stereocenters. The Morgan fingerprint density at radius 1 is 1.08 bits per heavy atom. The van der Waals surface area contributed by atoms with Gasteiger partial charge in [0.2, 0.25) is 0 Å². The first-order valence-corrected chi connectivity index (χ1v) is 11.7. The molecule has 1 amide bonds. The second kappa shape index (κ2) is 11.2. The smallest absolute Gasteiger partial charge is 0.326 e. The van der Waals surface area contributed by atoms with Gasteiger partial charge < -0.3 is 20.3 Å². The molecule has 8 heteroatoms. The molecule has 0 spiro atoms. The van der Waals surface area contributed by atoms with Crippen LogP contribution in [0.15, 0.2) is 77.6 Å². The Balaban J connectivity index is 1.49. The van der Waals surface area contributed by atoms with Crippen LogP contribution in [0.2, 0.25) is 0 Å². The summed E-state index contributed by atoms with van der Waals surface area (Å²) in [7, 11) is 0. The van der Waals surface area contributed by atoms with Crippen LogP contribution in [0.4, 0.5) is 5.69 Å². The van der Waals surface area contributed by atoms with Crippen LogP contribution in [-0.2, 0) is 17.8 Å². The lowest BCUT2D eigenvalue weighted by Crippen LogP contribution is -2.42. The third-order valence-corrected chi connectivity index (χ3v) is 5.92. The second-order valence-corrected chi connectivity index (χ2v) is 8.66. The minimum absolute atomic E-state index is 0.180. The van der Waals surface area contributed by atoms with Crippen molar-refractivity contribution in [3.8, 4) is 12.3 Å². The summed E-state index contributed by atoms with van der Waals surface area (Å²) >= 11 is 0. The van der Waals surface area contributed by atoms with Crippen LogP contribution in [0, 0.1) is 19.3 Å². The van der Waals surface area contributed by atoms with Crippen LogP contribution in [0.1, 0.15) is 27.3 Å². The number of nitrogens with zero attached hydrogens (tertiary/aromatic N) is 2. The van der Waals surface area contributed by atoms with Gasteiger partial charge in [-0.15, -0.1) is 6.42 Å². The largest absolute Gasteiger partial charge is 0.480 e. The van der Waals surface area contributed by atoms with Crippen molar-refractivity contribution in [2.75, 3.05) is 11.4 Å². The van der Waals surface area contributed by atoms with Gasteiger partial charge in [0.15, 0.2) is 0 Å². The quantitative estimate of drug-likeness (QED) is 0.308. The van der Waals surface area contributed by atoms with E-state index < -0.39 is 17.9 Å². The van der Waals surface area contributed by atoms with E-state index in [0.717, 1.165) is 16.8 Å². The molecule has 1 atom stereocenters. The van der Waals surface area contributed by atoms with Gasteiger partial charge in [0.1, 0.15) is 11.9 Å². The number of aromatic nitrogens is 2. The third kappa shape index (κ3) is 6.21. The topological polar surface area (TPSA) is 115 Å². The molecule has 3 N–H and O–H groups in total. The summed E-state index contributed by atoms with van der Waals surface area (Å²) in [5.41, 5.74) is 3.24. The number of H-pyrrole nitrogens is 1. The van der Waals surface area contributed by atoms with E-state index in [9.17, 15) is 19.5 Å². The van der Waals surface area contributed by atoms with Crippen molar-refractivity contribution in [3.63, 3.8) is 0 Å². The number of aromatic amines is 1. The monoisotopic (exact) mass is 494 g/mol. The summed E-state index contributed by atoms with van der Waals surface area (Å²) in [6.07, 6.45) is 5.78. The molecule has 1 aromatic heterocycles. The Bertz CT molecular complexity index is 1520. The van der Waals surface area contributed by atoms with Gasteiger partial charge in [0.25, 0.3) is 11.5 Å². The normalized spacial score (nSPS) is 11.5. The molecule has 37 heavy (non-hydrogen) atoms. The highest BCUT2D eigenvalue weighted by Crippen LogP contribution is 2.20. The summed E-state index contributed by atoms with van der Waals surface area (Å²) in [6.45, 7) is 2.49. The third-order valence-electron chi connectivity index (χ3n) is 5.92. The van der Waals surface area contributed by atoms with Gasteiger partial charge in [0.05, 0.1) is 17.4 Å². The Kier molecular flexibility index (Phi) is 7.65. The highest BCUT2D eigenvalue weighted by Gasteiger charge is 2.21. The minimum Gasteiger partial charge on any atom is -0.480 e. The number of hydrogen-bond donors (Lipinski definition) is 3. The predicted molar refractivity (Wildman–Crippen MR) is 142 cm³/mol. The number of amides is 1. The summed E-state index contributed by atoms with van der Waals surface area (Å²) in [6, 6.07) is 20.4. The highest BCUT2D eigenvalue weighted by molar-refractivity contribution is 5.97. The van der Waals surface area contributed by atoms with E-state index >= 15 is 0 Å². The maximum atomic E-state index is 12.8. The molecule has 1 heterocycles. The number of rotatable bonds is 9. The van der Waals surface area contributed by atoms with Gasteiger partial charge in [-0.05, 0) is 54.4 Å². The van der Waals surface area contributed by atoms with Crippen molar-refractivity contribution in [1.82, 2.24) is 15.3 Å². The fourth-order valence-electron chi connectivity index (χ4n) is 4.09. The molecule has 3 aromatic carbocycles. The average molecular weight is 495 g/mol. The van der Waals surface area contributed by atoms with Crippen molar-refractivity contribution in [1.29, 1.82) is 0 Å². The van der Waals surface area contributed by atoms with Gasteiger partial charge in [0, 0.05) is 24.2 Å². The number of terminal acetylenes is 1. The molecule has 186 valence electrons. The van der Waals surface area contributed by atoms with Crippen LogP contribution in [0.25, 0.3) is 10.9 Å². The molecule has 8 nitrogen and oxygen atoms in total. The Hall–Kier alpha value is -4.90. The van der Waals surface area contributed by atoms with Crippen molar-refractivity contribution < 1.29 is 14.7 Å². The number of aryl methyl sites for hydroxylation is 1. The van der Waals surface area contributed by atoms with Gasteiger partial charge in [-0.1, -0.05) is 42.3 Å². The van der Waals surface area contributed by atoms with E-state index in [2.05, 4.69) is 21.2 Å². The van der Waals surface area contributed by atoms with Crippen molar-refractivity contribution >= 4 is 28.5 Å². The maximum absolute atomic E-state index is 12.8. The first-order chi connectivity index (χ1) is 17.8. The SMILES string of the molecule is C#CCN(Cc1ccc2nc(C)[nH]c(=O)c2c1)c1ccc(C(=O)N[C@@H](Cc2ccccc2)C(=O)O)cc1. The summed E-state index contributed by atoms with van der Waals surface area (Å²) < 4.78 is 0. The van der Waals surface area contributed by atoms with Gasteiger partial charge >= 0.3 is 5.97 Å². The van der Waals surface area contributed by atoms with Gasteiger partial charge in [-0.2, -0.15) is 0 Å². The molecule has 0 aliphatic carbocycles. The van der Waals surface area contributed by atoms with Crippen LogP contribution in [-0.4, -0.2) is 39.5 Å². The van der Waals surface area contributed by atoms with E-state index in [-0.39, 0.29) is 12.0 Å². The molecule has 0 radical (unpaired) electrons. The molecule has 0 saturated heterocycles. The number of aliphatic carboxylic acids is 1. The fraction of sp³-hybridized carbons (Fsp3) is 0.172. The standard InChI is InChI=1S/C29H26N4O4/c1-3-15-33(18-21-9-14-25-24(16-21)28(35)31-19(2)30-25)23-12-10-22(11-13-23)27(34)32-26(29(36)37)17-20-7-5-4-6-8-20/h1,4-14,16,26H,15,17-18H2,2H3,(H,32,34)(H,36,37)(H,30,31,35)/t26-/m0/s1. The minimum atomic E-state index is -1.10. The molecular formula is C29H26N4O4. The van der Waals surface area contributed by atoms with Crippen LogP contribution < -0.4 is 15.8 Å². The number of benzene rings is 3. The molecule has 0 saturated carbocycles. The lowest BCUT2D eigenvalue weighted by Gasteiger charge is -2.23. The number of carboxylic acids is 1. The molecule has 0 bridgehead atoms. The zero-order valence-electron chi connectivity index (χ0n) is 20.3. The number of anilines is 1. The molecule has 0 aliphatic rings. The molecule has 0 aliphatic heterocycles. The van der Waals surface area contributed by atoms with E-state index in [4.69, 9.17) is 6.42 Å². The van der Waals surface area contributed by atoms with Crippen LogP contribution >= 0.6 is 0 Å². The zero-order chi connectivity index (χ0) is 26.4. The second-order valence-electron chi connectivity index (χ2n) is 8.66. The van der Waals surface area contributed by atoms with Crippen molar-refractivity contribution in [2.24, 2.45) is 0 Å². The summed E-state index contributed by atoms with van der Waals surface area (Å²) in [5, 5.41) is 12.7. The fourth-order valence-corrected chi connectivity index (χ4v) is 4.09. The Morgan fingerprint density at radius 2 is 1.81 bits per heavy atom. The predicted octanol–water partition coefficient (Wildman–Crippen LogP) is 3.30. The van der Waals surface area contributed by atoms with Crippen molar-refractivity contribution in [2.45, 2.75) is 25.9 Å². The van der Waals surface area contributed by atoms with E-state index in [1.165, 1.54) is 0 Å². The Morgan fingerprint density at radius 3 is 2.49 bits per heavy atom. The number of hydrogen-bond acceptors (Lipinski definition) is 5. The number of fused-ring (bicyclic) bond motifs is 1. The van der Waals surface area contributed by atoms with Gasteiger partial charge in [-0.3, -0.25) is 9.59 Å². The lowest BCUT2D eigenvalue weighted by atomic mass is 10.1. The first-order valence-electron chi connectivity index (χ1n) is 11.7. The molecule has 0 fully saturated rings. The lowest BCUT2D eigenvalue weighted by molar-refractivity contribution is -0.139. The summed E-state index contributed by atoms with van der Waals surface area (Å²) in [4.78, 5) is 45.8. The van der Waals surface area contributed by atoms with Gasteiger partial charge in [-0.25, -0.2) is 9.78 Å². The van der Waals surface area contributed by atoms with Crippen LogP contribution in [0.5, 0.6) is 0 Å². The number of carboxylic acid groups (broad SMARTS) is 1. The first kappa shape index (κ1) is 25.2. The molecular weight excluding hydrogens is 468 g/mol. The number of carbonyl (C=O) groups excluding carboxylic acids is 1. The van der Waals surface area contributed by atoms with E-state index in [1.807, 2.05) is 47.4 Å². The van der Waals surface area contributed by atoms with Crippen molar-refractivity contribution in [3.05, 3.63) is 106 Å². The average Bonchev–Trinajstić information content (AvgIpc) is 2.89. The number of carbonyl (C=O) groups is 2. The zero-order valence-corrected chi connectivity index (χ0v) is 20.3. The summed E-state index contributed by atoms with van der Waals surface area (Å²) in [5.74, 6) is 1.62. The number of nitrogens with one attached hydrogen (secondary N) is 2. The highest BCUT2D eigenvalue weighted by atomic mass is 16.4. The maximum Gasteiger partial charge on any atom is 0.326 e. The van der Waals surface area contributed by atoms with E-state index in [1.54, 1.807) is 37.3 Å².